The summed E-state index contributed by atoms with van der Waals surface area (Å²) in [5.74, 6) is -2.32. The molecule has 0 bridgehead atoms. The van der Waals surface area contributed by atoms with Gasteiger partial charge >= 0.3 is 6.18 Å². The molecule has 22 heavy (non-hydrogen) atoms. The number of hydrogen-bond donors (Lipinski definition) is 1. The molecule has 1 heterocycles. The van der Waals surface area contributed by atoms with Gasteiger partial charge < -0.3 is 4.98 Å². The first-order valence-corrected chi connectivity index (χ1v) is 5.89. The molecule has 114 valence electrons. The number of alkyl halides is 3. The van der Waals surface area contributed by atoms with Crippen LogP contribution in [0.5, 0.6) is 0 Å². The van der Waals surface area contributed by atoms with E-state index in [2.05, 4.69) is 12.2 Å². The van der Waals surface area contributed by atoms with Crippen molar-refractivity contribution in [1.29, 1.82) is 5.26 Å². The number of aromatic nitrogens is 2. The molecular weight excluding hydrogens is 329 g/mol. The van der Waals surface area contributed by atoms with E-state index < -0.39 is 45.1 Å². The van der Waals surface area contributed by atoms with E-state index >= 15 is 0 Å². The van der Waals surface area contributed by atoms with Gasteiger partial charge in [-0.2, -0.15) is 18.4 Å². The van der Waals surface area contributed by atoms with Crippen molar-refractivity contribution < 1.29 is 22.0 Å². The normalized spacial score (nSPS) is 11.3. The topological polar surface area (TPSA) is 61.6 Å². The summed E-state index contributed by atoms with van der Waals surface area (Å²) >= 11 is 4.60. The van der Waals surface area contributed by atoms with Gasteiger partial charge in [-0.15, -0.1) is 0 Å². The summed E-state index contributed by atoms with van der Waals surface area (Å²) < 4.78 is 64.5. The molecule has 0 radical (unpaired) electrons. The summed E-state index contributed by atoms with van der Waals surface area (Å²) in [6.45, 7) is 0. The lowest BCUT2D eigenvalue weighted by atomic mass is 10.2. The molecule has 0 aliphatic carbocycles. The van der Waals surface area contributed by atoms with Gasteiger partial charge in [0, 0.05) is 12.1 Å². The summed E-state index contributed by atoms with van der Waals surface area (Å²) in [6.07, 6.45) is -4.85. The highest BCUT2D eigenvalue weighted by molar-refractivity contribution is 7.71. The van der Waals surface area contributed by atoms with E-state index in [-0.39, 0.29) is 6.07 Å². The first kappa shape index (κ1) is 15.8. The Morgan fingerprint density at radius 3 is 2.32 bits per heavy atom. The number of H-pyrrole nitrogens is 1. The molecular formula is C12H4F5N3OS. The predicted molar refractivity (Wildman–Crippen MR) is 66.9 cm³/mol. The van der Waals surface area contributed by atoms with Crippen molar-refractivity contribution >= 4 is 12.2 Å². The Morgan fingerprint density at radius 2 is 1.82 bits per heavy atom. The molecule has 0 aliphatic rings. The van der Waals surface area contributed by atoms with Crippen LogP contribution in [0.3, 0.4) is 0 Å². The van der Waals surface area contributed by atoms with Gasteiger partial charge in [0.25, 0.3) is 5.56 Å². The Kier molecular flexibility index (Phi) is 3.85. The zero-order valence-electron chi connectivity index (χ0n) is 10.3. The zero-order chi connectivity index (χ0) is 16.7. The van der Waals surface area contributed by atoms with Crippen LogP contribution in [0.4, 0.5) is 22.0 Å². The molecule has 1 N–H and O–H groups in total. The second kappa shape index (κ2) is 5.34. The molecule has 0 saturated carbocycles. The van der Waals surface area contributed by atoms with Crippen LogP contribution in [-0.2, 0) is 6.18 Å². The summed E-state index contributed by atoms with van der Waals surface area (Å²) in [6, 6.07) is 2.58. The lowest BCUT2D eigenvalue weighted by Crippen LogP contribution is -2.24. The van der Waals surface area contributed by atoms with E-state index in [1.807, 2.05) is 0 Å². The van der Waals surface area contributed by atoms with Crippen LogP contribution in [0, 0.1) is 27.7 Å². The Balaban J connectivity index is 2.76. The first-order valence-electron chi connectivity index (χ1n) is 5.48. The SMILES string of the molecule is N#Cc1cc(F)c(-n2c(=O)cc(C(F)(F)F)[nH]c2=S)cc1F. The van der Waals surface area contributed by atoms with E-state index in [1.54, 1.807) is 4.98 Å². The van der Waals surface area contributed by atoms with Gasteiger partial charge in [0.05, 0.1) is 11.3 Å². The van der Waals surface area contributed by atoms with E-state index in [0.717, 1.165) is 0 Å². The number of aromatic amines is 1. The third-order valence-corrected chi connectivity index (χ3v) is 2.92. The van der Waals surface area contributed by atoms with E-state index in [1.165, 1.54) is 6.07 Å². The average molecular weight is 333 g/mol. The average Bonchev–Trinajstić information content (AvgIpc) is 2.40. The van der Waals surface area contributed by atoms with Gasteiger partial charge in [-0.1, -0.05) is 0 Å². The molecule has 1 aromatic heterocycles. The van der Waals surface area contributed by atoms with Crippen molar-refractivity contribution in [3.05, 3.63) is 56.2 Å². The number of nitriles is 1. The highest BCUT2D eigenvalue weighted by atomic mass is 32.1. The van der Waals surface area contributed by atoms with Gasteiger partial charge in [-0.05, 0) is 18.3 Å². The molecule has 1 aromatic carbocycles. The van der Waals surface area contributed by atoms with Crippen molar-refractivity contribution in [2.75, 3.05) is 0 Å². The second-order valence-electron chi connectivity index (χ2n) is 4.05. The first-order chi connectivity index (χ1) is 10.1. The number of benzene rings is 1. The van der Waals surface area contributed by atoms with Crippen molar-refractivity contribution in [3.8, 4) is 11.8 Å². The lowest BCUT2D eigenvalue weighted by Gasteiger charge is -2.11. The van der Waals surface area contributed by atoms with Crippen molar-refractivity contribution in [3.63, 3.8) is 0 Å². The van der Waals surface area contributed by atoms with Crippen molar-refractivity contribution in [1.82, 2.24) is 9.55 Å². The van der Waals surface area contributed by atoms with Crippen LogP contribution < -0.4 is 5.56 Å². The molecule has 0 fully saturated rings. The highest BCUT2D eigenvalue weighted by Gasteiger charge is 2.32. The number of hydrogen-bond acceptors (Lipinski definition) is 3. The maximum absolute atomic E-state index is 13.8. The molecule has 2 rings (SSSR count). The Labute approximate surface area is 124 Å². The van der Waals surface area contributed by atoms with Crippen molar-refractivity contribution in [2.45, 2.75) is 6.18 Å². The minimum atomic E-state index is -4.85. The Morgan fingerprint density at radius 1 is 1.18 bits per heavy atom. The number of nitrogens with one attached hydrogen (secondary N) is 1. The fraction of sp³-hybridized carbons (Fsp3) is 0.0833. The number of halogens is 5. The van der Waals surface area contributed by atoms with Gasteiger partial charge in [-0.3, -0.25) is 9.36 Å². The summed E-state index contributed by atoms with van der Waals surface area (Å²) in [5.41, 5.74) is -4.01. The summed E-state index contributed by atoms with van der Waals surface area (Å²) in [4.78, 5) is 13.5. The number of nitrogens with zero attached hydrogens (tertiary/aromatic N) is 2. The third kappa shape index (κ3) is 2.75. The smallest absolute Gasteiger partial charge is 0.328 e. The Hall–Kier alpha value is -2.54. The Bertz CT molecular complexity index is 876. The highest BCUT2D eigenvalue weighted by Crippen LogP contribution is 2.26. The third-order valence-electron chi connectivity index (χ3n) is 2.64. The molecule has 0 aliphatic heterocycles. The van der Waals surface area contributed by atoms with E-state index in [4.69, 9.17) is 5.26 Å². The summed E-state index contributed by atoms with van der Waals surface area (Å²) in [7, 11) is 0. The maximum atomic E-state index is 13.8. The predicted octanol–water partition coefficient (Wildman–Crippen LogP) is 3.06. The van der Waals surface area contributed by atoms with Crippen molar-refractivity contribution in [2.24, 2.45) is 0 Å². The largest absolute Gasteiger partial charge is 0.431 e. The van der Waals surface area contributed by atoms with E-state index in [9.17, 15) is 26.7 Å². The van der Waals surface area contributed by atoms with Crippen LogP contribution in [0.15, 0.2) is 23.0 Å². The lowest BCUT2D eigenvalue weighted by molar-refractivity contribution is -0.141. The van der Waals surface area contributed by atoms with Gasteiger partial charge in [0.15, 0.2) is 4.77 Å². The minimum absolute atomic E-state index is 0.172. The molecule has 2 aromatic rings. The van der Waals surface area contributed by atoms with Crippen LogP contribution in [0.25, 0.3) is 5.69 Å². The van der Waals surface area contributed by atoms with Gasteiger partial charge in [-0.25, -0.2) is 8.78 Å². The minimum Gasteiger partial charge on any atom is -0.328 e. The molecule has 0 spiro atoms. The fourth-order valence-corrected chi connectivity index (χ4v) is 1.97. The van der Waals surface area contributed by atoms with Crippen LogP contribution >= 0.6 is 12.2 Å². The fourth-order valence-electron chi connectivity index (χ4n) is 1.67. The second-order valence-corrected chi connectivity index (χ2v) is 4.44. The molecule has 10 heteroatoms. The van der Waals surface area contributed by atoms with Gasteiger partial charge in [0.2, 0.25) is 0 Å². The number of rotatable bonds is 1. The molecule has 4 nitrogen and oxygen atoms in total. The standard InChI is InChI=1S/C12H4F5N3OS/c13-6-2-8(7(14)1-5(6)4-18)20-10(21)3-9(12(15,16)17)19-11(20)22/h1-3H,(H,19,22). The zero-order valence-corrected chi connectivity index (χ0v) is 11.1. The quantitative estimate of drug-likeness (QED) is 0.644. The van der Waals surface area contributed by atoms with Crippen LogP contribution in [-0.4, -0.2) is 9.55 Å². The van der Waals surface area contributed by atoms with Gasteiger partial charge in [0.1, 0.15) is 23.4 Å². The maximum Gasteiger partial charge on any atom is 0.431 e. The molecule has 0 saturated heterocycles. The summed E-state index contributed by atoms with van der Waals surface area (Å²) in [5, 5.41) is 8.56. The van der Waals surface area contributed by atoms with Crippen LogP contribution in [0.2, 0.25) is 0 Å². The monoisotopic (exact) mass is 333 g/mol. The van der Waals surface area contributed by atoms with Crippen LogP contribution in [0.1, 0.15) is 11.3 Å². The van der Waals surface area contributed by atoms with E-state index in [0.29, 0.717) is 16.7 Å². The molecule has 0 amide bonds. The molecule has 0 unspecified atom stereocenters. The molecule has 0 atom stereocenters.